The fourth-order valence-corrected chi connectivity index (χ4v) is 3.93. The van der Waals surface area contributed by atoms with E-state index in [1.807, 2.05) is 32.0 Å². The number of amides is 1. The molecule has 1 aromatic heterocycles. The van der Waals surface area contributed by atoms with Gasteiger partial charge in [0.15, 0.2) is 0 Å². The van der Waals surface area contributed by atoms with Gasteiger partial charge in [-0.25, -0.2) is 0 Å². The van der Waals surface area contributed by atoms with Gasteiger partial charge >= 0.3 is 0 Å². The van der Waals surface area contributed by atoms with Crippen molar-refractivity contribution in [1.29, 1.82) is 0 Å². The van der Waals surface area contributed by atoms with Crippen LogP contribution in [0.15, 0.2) is 35.0 Å². The standard InChI is InChI=1S/C19H24ClN3OS/c1-14-17(20)4-3-5-18(14)21-19(24)15(2)23-9-7-22(8-10-23)12-16-6-11-25-13-16/h3-6,11,13,15H,7-10,12H2,1-2H3,(H,21,24)/t15-/m0/s1. The van der Waals surface area contributed by atoms with Crippen LogP contribution in [0, 0.1) is 6.92 Å². The van der Waals surface area contributed by atoms with Gasteiger partial charge in [0.05, 0.1) is 6.04 Å². The lowest BCUT2D eigenvalue weighted by atomic mass is 10.1. The summed E-state index contributed by atoms with van der Waals surface area (Å²) in [6.45, 7) is 8.70. The number of nitrogens with one attached hydrogen (secondary N) is 1. The Labute approximate surface area is 158 Å². The van der Waals surface area contributed by atoms with Crippen LogP contribution >= 0.6 is 22.9 Å². The molecule has 0 saturated carbocycles. The first kappa shape index (κ1) is 18.4. The SMILES string of the molecule is Cc1c(Cl)cccc1NC(=O)[C@H](C)N1CCN(Cc2ccsc2)CC1. The minimum absolute atomic E-state index is 0.0247. The third-order valence-electron chi connectivity index (χ3n) is 4.85. The largest absolute Gasteiger partial charge is 0.324 e. The van der Waals surface area contributed by atoms with Gasteiger partial charge in [-0.3, -0.25) is 14.6 Å². The van der Waals surface area contributed by atoms with Crippen LogP contribution in [0.4, 0.5) is 5.69 Å². The third-order valence-corrected chi connectivity index (χ3v) is 5.99. The molecule has 25 heavy (non-hydrogen) atoms. The van der Waals surface area contributed by atoms with E-state index < -0.39 is 0 Å². The molecule has 1 saturated heterocycles. The van der Waals surface area contributed by atoms with E-state index in [9.17, 15) is 4.79 Å². The summed E-state index contributed by atoms with van der Waals surface area (Å²) >= 11 is 7.87. The van der Waals surface area contributed by atoms with Crippen molar-refractivity contribution in [1.82, 2.24) is 9.80 Å². The molecule has 1 aliphatic heterocycles. The number of piperazine rings is 1. The number of rotatable bonds is 5. The maximum Gasteiger partial charge on any atom is 0.241 e. The Morgan fingerprint density at radius 1 is 1.28 bits per heavy atom. The molecule has 0 radical (unpaired) electrons. The maximum atomic E-state index is 12.6. The first-order chi connectivity index (χ1) is 12.0. The fourth-order valence-electron chi connectivity index (χ4n) is 3.10. The van der Waals surface area contributed by atoms with Gasteiger partial charge in [0.2, 0.25) is 5.91 Å². The lowest BCUT2D eigenvalue weighted by Crippen LogP contribution is -2.52. The van der Waals surface area contributed by atoms with E-state index in [2.05, 4.69) is 31.9 Å². The Kier molecular flexibility index (Phi) is 6.12. The molecule has 1 atom stereocenters. The Balaban J connectivity index is 1.52. The van der Waals surface area contributed by atoms with Crippen LogP contribution in [0.25, 0.3) is 0 Å². The van der Waals surface area contributed by atoms with Crippen molar-refractivity contribution in [2.24, 2.45) is 0 Å². The van der Waals surface area contributed by atoms with E-state index in [4.69, 9.17) is 11.6 Å². The van der Waals surface area contributed by atoms with Gasteiger partial charge in [-0.05, 0) is 53.9 Å². The molecule has 2 heterocycles. The highest BCUT2D eigenvalue weighted by Gasteiger charge is 2.26. The molecule has 4 nitrogen and oxygen atoms in total. The summed E-state index contributed by atoms with van der Waals surface area (Å²) in [5.74, 6) is 0.0247. The monoisotopic (exact) mass is 377 g/mol. The lowest BCUT2D eigenvalue weighted by Gasteiger charge is -2.37. The number of benzene rings is 1. The van der Waals surface area contributed by atoms with Crippen molar-refractivity contribution in [2.45, 2.75) is 26.4 Å². The van der Waals surface area contributed by atoms with Gasteiger partial charge in [0, 0.05) is 43.4 Å². The van der Waals surface area contributed by atoms with Crippen LogP contribution in [0.1, 0.15) is 18.1 Å². The normalized spacial score (nSPS) is 17.4. The fraction of sp³-hybridized carbons (Fsp3) is 0.421. The van der Waals surface area contributed by atoms with Crippen LogP contribution in [0.5, 0.6) is 0 Å². The predicted octanol–water partition coefficient (Wildman–Crippen LogP) is 3.85. The van der Waals surface area contributed by atoms with Gasteiger partial charge in [-0.1, -0.05) is 17.7 Å². The molecule has 1 aliphatic rings. The molecule has 0 aliphatic carbocycles. The summed E-state index contributed by atoms with van der Waals surface area (Å²) < 4.78 is 0. The first-order valence-electron chi connectivity index (χ1n) is 8.58. The molecule has 1 fully saturated rings. The van der Waals surface area contributed by atoms with E-state index >= 15 is 0 Å². The van der Waals surface area contributed by atoms with Crippen molar-refractivity contribution in [3.05, 3.63) is 51.2 Å². The van der Waals surface area contributed by atoms with Crippen LogP contribution in [-0.2, 0) is 11.3 Å². The number of anilines is 1. The Morgan fingerprint density at radius 3 is 2.72 bits per heavy atom. The number of halogens is 1. The summed E-state index contributed by atoms with van der Waals surface area (Å²) in [5, 5.41) is 8.02. The zero-order valence-corrected chi connectivity index (χ0v) is 16.2. The molecule has 0 unspecified atom stereocenters. The molecule has 0 spiro atoms. The molecular formula is C19H24ClN3OS. The first-order valence-corrected chi connectivity index (χ1v) is 9.90. The quantitative estimate of drug-likeness (QED) is 0.859. The molecule has 6 heteroatoms. The van der Waals surface area contributed by atoms with Gasteiger partial charge in [0.25, 0.3) is 0 Å². The van der Waals surface area contributed by atoms with Gasteiger partial charge in [0.1, 0.15) is 0 Å². The predicted molar refractivity (Wildman–Crippen MR) is 105 cm³/mol. The number of carbonyl (C=O) groups excluding carboxylic acids is 1. The minimum atomic E-state index is -0.151. The summed E-state index contributed by atoms with van der Waals surface area (Å²) in [6, 6.07) is 7.62. The highest BCUT2D eigenvalue weighted by molar-refractivity contribution is 7.07. The summed E-state index contributed by atoms with van der Waals surface area (Å²) in [6.07, 6.45) is 0. The van der Waals surface area contributed by atoms with E-state index in [-0.39, 0.29) is 11.9 Å². The molecule has 2 aromatic rings. The molecular weight excluding hydrogens is 354 g/mol. The lowest BCUT2D eigenvalue weighted by molar-refractivity contribution is -0.121. The van der Waals surface area contributed by atoms with Crippen molar-refractivity contribution >= 4 is 34.5 Å². The Bertz CT molecular complexity index is 711. The number of thiophene rings is 1. The van der Waals surface area contributed by atoms with E-state index in [0.29, 0.717) is 5.02 Å². The van der Waals surface area contributed by atoms with Crippen LogP contribution in [0.3, 0.4) is 0 Å². The van der Waals surface area contributed by atoms with E-state index in [0.717, 1.165) is 44.0 Å². The average Bonchev–Trinajstić information content (AvgIpc) is 3.12. The molecule has 134 valence electrons. The van der Waals surface area contributed by atoms with Gasteiger partial charge in [-0.15, -0.1) is 0 Å². The highest BCUT2D eigenvalue weighted by atomic mass is 35.5. The van der Waals surface area contributed by atoms with E-state index in [1.165, 1.54) is 5.56 Å². The Hall–Kier alpha value is -1.40. The zero-order chi connectivity index (χ0) is 17.8. The smallest absolute Gasteiger partial charge is 0.241 e. The summed E-state index contributed by atoms with van der Waals surface area (Å²) in [7, 11) is 0. The second kappa shape index (κ2) is 8.32. The highest BCUT2D eigenvalue weighted by Crippen LogP contribution is 2.23. The molecule has 0 bridgehead atoms. The average molecular weight is 378 g/mol. The van der Waals surface area contributed by atoms with Gasteiger partial charge < -0.3 is 5.32 Å². The van der Waals surface area contributed by atoms with Crippen LogP contribution in [0.2, 0.25) is 5.02 Å². The number of nitrogens with zero attached hydrogens (tertiary/aromatic N) is 2. The van der Waals surface area contributed by atoms with E-state index in [1.54, 1.807) is 11.3 Å². The molecule has 1 N–H and O–H groups in total. The number of hydrogen-bond acceptors (Lipinski definition) is 4. The van der Waals surface area contributed by atoms with Gasteiger partial charge in [-0.2, -0.15) is 11.3 Å². The number of carbonyl (C=O) groups is 1. The molecule has 3 rings (SSSR count). The van der Waals surface area contributed by atoms with Crippen molar-refractivity contribution in [2.75, 3.05) is 31.5 Å². The zero-order valence-electron chi connectivity index (χ0n) is 14.7. The topological polar surface area (TPSA) is 35.6 Å². The molecule has 1 amide bonds. The Morgan fingerprint density at radius 2 is 2.04 bits per heavy atom. The van der Waals surface area contributed by atoms with Crippen molar-refractivity contribution in [3.63, 3.8) is 0 Å². The molecule has 1 aromatic carbocycles. The summed E-state index contributed by atoms with van der Waals surface area (Å²) in [5.41, 5.74) is 3.08. The second-order valence-electron chi connectivity index (χ2n) is 6.52. The second-order valence-corrected chi connectivity index (χ2v) is 7.71. The minimum Gasteiger partial charge on any atom is -0.324 e. The third kappa shape index (κ3) is 4.61. The van der Waals surface area contributed by atoms with Crippen LogP contribution < -0.4 is 5.32 Å². The maximum absolute atomic E-state index is 12.6. The van der Waals surface area contributed by atoms with Crippen molar-refractivity contribution in [3.8, 4) is 0 Å². The van der Waals surface area contributed by atoms with Crippen LogP contribution in [-0.4, -0.2) is 47.9 Å². The van der Waals surface area contributed by atoms with Crippen molar-refractivity contribution < 1.29 is 4.79 Å². The number of hydrogen-bond donors (Lipinski definition) is 1. The summed E-state index contributed by atoms with van der Waals surface area (Å²) in [4.78, 5) is 17.3.